The minimum Gasteiger partial charge on any atom is -0.375 e. The Morgan fingerprint density at radius 2 is 1.88 bits per heavy atom. The summed E-state index contributed by atoms with van der Waals surface area (Å²) in [6, 6.07) is 0. The Morgan fingerprint density at radius 1 is 1.25 bits per heavy atom. The molecule has 0 aromatic heterocycles. The topological polar surface area (TPSA) is 52.6 Å². The predicted molar refractivity (Wildman–Crippen MR) is 60.8 cm³/mol. The highest BCUT2D eigenvalue weighted by Crippen LogP contribution is 2.24. The van der Waals surface area contributed by atoms with Crippen LogP contribution in [0.1, 0.15) is 26.7 Å². The smallest absolute Gasteiger partial charge is 0.174 e. The summed E-state index contributed by atoms with van der Waals surface area (Å²) in [5.41, 5.74) is 0. The first-order chi connectivity index (χ1) is 7.44. The van der Waals surface area contributed by atoms with E-state index in [1.54, 1.807) is 6.08 Å². The van der Waals surface area contributed by atoms with Crippen LogP contribution >= 0.6 is 0 Å². The lowest BCUT2D eigenvalue weighted by Crippen LogP contribution is -2.36. The molecule has 0 radical (unpaired) electrons. The van der Waals surface area contributed by atoms with Crippen molar-refractivity contribution in [3.63, 3.8) is 0 Å². The Hall–Kier alpha value is -0.390. The summed E-state index contributed by atoms with van der Waals surface area (Å²) in [5, 5.41) is 1.25. The minimum absolute atomic E-state index is 0.0904. The molecular weight excluding hydrogens is 228 g/mol. The summed E-state index contributed by atoms with van der Waals surface area (Å²) in [5.74, 6) is 0.0904. The molecule has 4 nitrogen and oxygen atoms in total. The van der Waals surface area contributed by atoms with Crippen LogP contribution in [-0.2, 0) is 19.3 Å². The van der Waals surface area contributed by atoms with Crippen molar-refractivity contribution in [3.8, 4) is 0 Å². The molecule has 1 fully saturated rings. The number of ether oxygens (including phenoxy) is 2. The third-order valence-corrected chi connectivity index (χ3v) is 4.28. The molecule has 2 aliphatic heterocycles. The van der Waals surface area contributed by atoms with Crippen LogP contribution in [0.25, 0.3) is 0 Å². The molecule has 5 heteroatoms. The molecule has 0 saturated carbocycles. The van der Waals surface area contributed by atoms with Gasteiger partial charge in [0.15, 0.2) is 9.84 Å². The Bertz CT molecular complexity index is 363. The molecule has 0 amide bonds. The van der Waals surface area contributed by atoms with Gasteiger partial charge in [-0.3, -0.25) is 0 Å². The van der Waals surface area contributed by atoms with E-state index in [1.165, 1.54) is 5.41 Å². The second kappa shape index (κ2) is 4.47. The molecule has 16 heavy (non-hydrogen) atoms. The monoisotopic (exact) mass is 246 g/mol. The first kappa shape index (κ1) is 12.1. The summed E-state index contributed by atoms with van der Waals surface area (Å²) >= 11 is 0. The number of rotatable bonds is 2. The Labute approximate surface area is 96.5 Å². The molecule has 0 bridgehead atoms. The van der Waals surface area contributed by atoms with Gasteiger partial charge in [-0.2, -0.15) is 0 Å². The van der Waals surface area contributed by atoms with Crippen molar-refractivity contribution < 1.29 is 17.9 Å². The van der Waals surface area contributed by atoms with E-state index < -0.39 is 9.84 Å². The third kappa shape index (κ3) is 3.06. The van der Waals surface area contributed by atoms with Gasteiger partial charge in [-0.15, -0.1) is 0 Å². The maximum absolute atomic E-state index is 11.2. The predicted octanol–water partition coefficient (Wildman–Crippen LogP) is 1.27. The van der Waals surface area contributed by atoms with Crippen LogP contribution in [0.3, 0.4) is 0 Å². The van der Waals surface area contributed by atoms with E-state index in [1.807, 2.05) is 13.8 Å². The van der Waals surface area contributed by atoms with E-state index in [4.69, 9.17) is 9.47 Å². The molecule has 92 valence electrons. The van der Waals surface area contributed by atoms with Crippen LogP contribution < -0.4 is 0 Å². The normalized spacial score (nSPS) is 42.4. The van der Waals surface area contributed by atoms with Crippen LogP contribution in [0.5, 0.6) is 0 Å². The van der Waals surface area contributed by atoms with Gasteiger partial charge in [-0.1, -0.05) is 0 Å². The van der Waals surface area contributed by atoms with Crippen LogP contribution in [0, 0.1) is 0 Å². The zero-order chi connectivity index (χ0) is 11.8. The number of sulfone groups is 1. The summed E-state index contributed by atoms with van der Waals surface area (Å²) in [6.45, 7) is 4.04. The van der Waals surface area contributed by atoms with Gasteiger partial charge < -0.3 is 9.47 Å². The summed E-state index contributed by atoms with van der Waals surface area (Å²) < 4.78 is 33.8. The molecule has 3 unspecified atom stereocenters. The van der Waals surface area contributed by atoms with Gasteiger partial charge in [0.25, 0.3) is 0 Å². The van der Waals surface area contributed by atoms with Gasteiger partial charge in [0.1, 0.15) is 0 Å². The quantitative estimate of drug-likeness (QED) is 0.736. The van der Waals surface area contributed by atoms with Crippen molar-refractivity contribution in [2.24, 2.45) is 0 Å². The Morgan fingerprint density at radius 3 is 2.38 bits per heavy atom. The van der Waals surface area contributed by atoms with Crippen molar-refractivity contribution >= 4 is 9.84 Å². The fraction of sp³-hybridized carbons (Fsp3) is 0.818. The standard InChI is InChI=1S/C11H18O4S/c1-8-5-11(6-9(2)14-8)15-10-3-4-16(12,13)7-10/h3-4,8-11H,5-7H2,1-2H3. The van der Waals surface area contributed by atoms with Crippen LogP contribution in [0.15, 0.2) is 11.5 Å². The van der Waals surface area contributed by atoms with E-state index in [0.29, 0.717) is 0 Å². The number of hydrogen-bond donors (Lipinski definition) is 0. The summed E-state index contributed by atoms with van der Waals surface area (Å²) in [6.07, 6.45) is 3.55. The lowest BCUT2D eigenvalue weighted by Gasteiger charge is -2.33. The molecule has 1 saturated heterocycles. The first-order valence-electron chi connectivity index (χ1n) is 5.66. The second-order valence-electron chi connectivity index (χ2n) is 4.68. The van der Waals surface area contributed by atoms with E-state index in [0.717, 1.165) is 12.8 Å². The van der Waals surface area contributed by atoms with E-state index in [-0.39, 0.29) is 30.2 Å². The average molecular weight is 246 g/mol. The molecule has 0 N–H and O–H groups in total. The van der Waals surface area contributed by atoms with Crippen LogP contribution in [0.2, 0.25) is 0 Å². The second-order valence-corrected chi connectivity index (χ2v) is 6.61. The lowest BCUT2D eigenvalue weighted by molar-refractivity contribution is -0.109. The zero-order valence-electron chi connectivity index (χ0n) is 9.63. The Balaban J connectivity index is 1.89. The lowest BCUT2D eigenvalue weighted by atomic mass is 10.0. The van der Waals surface area contributed by atoms with Crippen molar-refractivity contribution in [3.05, 3.63) is 11.5 Å². The van der Waals surface area contributed by atoms with Gasteiger partial charge in [-0.05, 0) is 32.8 Å². The average Bonchev–Trinajstić information content (AvgIpc) is 2.43. The highest BCUT2D eigenvalue weighted by atomic mass is 32.2. The molecule has 2 rings (SSSR count). The van der Waals surface area contributed by atoms with Gasteiger partial charge in [0.05, 0.1) is 30.2 Å². The fourth-order valence-corrected chi connectivity index (χ4v) is 3.51. The van der Waals surface area contributed by atoms with Crippen LogP contribution in [-0.4, -0.2) is 38.6 Å². The maximum atomic E-state index is 11.2. The van der Waals surface area contributed by atoms with Gasteiger partial charge >= 0.3 is 0 Å². The van der Waals surface area contributed by atoms with Gasteiger partial charge in [0.2, 0.25) is 0 Å². The SMILES string of the molecule is CC1CC(OC2C=CS(=O)(=O)C2)CC(C)O1. The molecule has 2 heterocycles. The van der Waals surface area contributed by atoms with E-state index >= 15 is 0 Å². The molecule has 0 spiro atoms. The fourth-order valence-electron chi connectivity index (χ4n) is 2.33. The third-order valence-electron chi connectivity index (χ3n) is 2.92. The number of hydrogen-bond acceptors (Lipinski definition) is 4. The maximum Gasteiger partial charge on any atom is 0.174 e. The molecule has 0 aromatic carbocycles. The molecule has 2 aliphatic rings. The van der Waals surface area contributed by atoms with Gasteiger partial charge in [0, 0.05) is 5.41 Å². The van der Waals surface area contributed by atoms with Crippen molar-refractivity contribution in [1.29, 1.82) is 0 Å². The minimum atomic E-state index is -3.01. The molecule has 3 atom stereocenters. The largest absolute Gasteiger partial charge is 0.375 e. The molecule has 0 aliphatic carbocycles. The highest BCUT2D eigenvalue weighted by Gasteiger charge is 2.30. The van der Waals surface area contributed by atoms with Crippen molar-refractivity contribution in [2.45, 2.75) is 51.1 Å². The van der Waals surface area contributed by atoms with E-state index in [2.05, 4.69) is 0 Å². The highest BCUT2D eigenvalue weighted by molar-refractivity contribution is 7.94. The summed E-state index contributed by atoms with van der Waals surface area (Å²) in [4.78, 5) is 0. The Kier molecular flexibility index (Phi) is 3.37. The van der Waals surface area contributed by atoms with Gasteiger partial charge in [-0.25, -0.2) is 8.42 Å². The molecule has 0 aromatic rings. The summed E-state index contributed by atoms with van der Waals surface area (Å²) in [7, 11) is -3.01. The molecular formula is C11H18O4S. The van der Waals surface area contributed by atoms with E-state index in [9.17, 15) is 8.42 Å². The zero-order valence-corrected chi connectivity index (χ0v) is 10.4. The van der Waals surface area contributed by atoms with Crippen LogP contribution in [0.4, 0.5) is 0 Å². The first-order valence-corrected chi connectivity index (χ1v) is 7.38. The van der Waals surface area contributed by atoms with Crippen molar-refractivity contribution in [2.75, 3.05) is 5.75 Å². The van der Waals surface area contributed by atoms with Crippen molar-refractivity contribution in [1.82, 2.24) is 0 Å².